The fourth-order valence-electron chi connectivity index (χ4n) is 1.29. The van der Waals surface area contributed by atoms with Crippen molar-refractivity contribution in [1.82, 2.24) is 5.32 Å². The van der Waals surface area contributed by atoms with Crippen LogP contribution in [0.15, 0.2) is 22.7 Å². The molecule has 1 rings (SSSR count). The molecule has 1 unspecified atom stereocenters. The van der Waals surface area contributed by atoms with E-state index in [9.17, 15) is 4.39 Å². The molecule has 0 amide bonds. The van der Waals surface area contributed by atoms with Gasteiger partial charge in [-0.1, -0.05) is 15.9 Å². The molecule has 0 saturated carbocycles. The average molecular weight is 275 g/mol. The second-order valence-electron chi connectivity index (χ2n) is 3.67. The maximum Gasteiger partial charge on any atom is 0.126 e. The molecule has 84 valence electrons. The largest absolute Gasteiger partial charge is 0.327 e. The Morgan fingerprint density at radius 3 is 2.93 bits per heavy atom. The Morgan fingerprint density at radius 1 is 1.53 bits per heavy atom. The van der Waals surface area contributed by atoms with E-state index < -0.39 is 0 Å². The fraction of sp³-hybridized carbons (Fsp3) is 0.455. The van der Waals surface area contributed by atoms with Gasteiger partial charge < -0.3 is 11.1 Å². The Labute approximate surface area is 98.2 Å². The predicted octanol–water partition coefficient (Wildman–Crippen LogP) is 2.07. The third kappa shape index (κ3) is 4.73. The second kappa shape index (κ2) is 6.20. The number of nitrogens with two attached hydrogens (primary N) is 1. The van der Waals surface area contributed by atoms with Gasteiger partial charge in [0.1, 0.15) is 5.82 Å². The van der Waals surface area contributed by atoms with Gasteiger partial charge in [0.2, 0.25) is 0 Å². The van der Waals surface area contributed by atoms with Crippen LogP contribution >= 0.6 is 15.9 Å². The van der Waals surface area contributed by atoms with Gasteiger partial charge in [0.05, 0.1) is 0 Å². The molecule has 0 fully saturated rings. The first-order valence-corrected chi connectivity index (χ1v) is 5.79. The third-order valence-corrected chi connectivity index (χ3v) is 2.54. The number of halogens is 2. The van der Waals surface area contributed by atoms with E-state index in [-0.39, 0.29) is 11.9 Å². The highest BCUT2D eigenvalue weighted by Crippen LogP contribution is 2.15. The van der Waals surface area contributed by atoms with Crippen LogP contribution in [0.2, 0.25) is 0 Å². The molecule has 1 aromatic carbocycles. The van der Waals surface area contributed by atoms with Gasteiger partial charge >= 0.3 is 0 Å². The van der Waals surface area contributed by atoms with E-state index in [1.54, 1.807) is 6.07 Å². The summed E-state index contributed by atoms with van der Waals surface area (Å²) in [5, 5.41) is 3.17. The Balaban J connectivity index is 2.40. The van der Waals surface area contributed by atoms with E-state index in [0.29, 0.717) is 6.42 Å². The van der Waals surface area contributed by atoms with E-state index in [1.165, 1.54) is 6.07 Å². The molecule has 0 bridgehead atoms. The van der Waals surface area contributed by atoms with Gasteiger partial charge in [-0.25, -0.2) is 4.39 Å². The predicted molar refractivity (Wildman–Crippen MR) is 64.3 cm³/mol. The first-order valence-electron chi connectivity index (χ1n) is 5.00. The average Bonchev–Trinajstić information content (AvgIpc) is 2.17. The van der Waals surface area contributed by atoms with Crippen molar-refractivity contribution in [2.45, 2.75) is 19.4 Å². The zero-order valence-corrected chi connectivity index (χ0v) is 10.3. The Morgan fingerprint density at radius 2 is 2.27 bits per heavy atom. The van der Waals surface area contributed by atoms with Crippen molar-refractivity contribution < 1.29 is 4.39 Å². The zero-order chi connectivity index (χ0) is 11.3. The van der Waals surface area contributed by atoms with Crippen LogP contribution in [-0.2, 0) is 6.42 Å². The van der Waals surface area contributed by atoms with Crippen LogP contribution < -0.4 is 11.1 Å². The molecule has 0 aliphatic rings. The molecule has 0 aliphatic carbocycles. The fourth-order valence-corrected chi connectivity index (χ4v) is 1.70. The first kappa shape index (κ1) is 12.6. The molecule has 3 N–H and O–H groups in total. The Hall–Kier alpha value is -0.450. The summed E-state index contributed by atoms with van der Waals surface area (Å²) in [6.07, 6.45) is 0.679. The highest BCUT2D eigenvalue weighted by atomic mass is 79.9. The molecule has 4 heteroatoms. The summed E-state index contributed by atoms with van der Waals surface area (Å²) in [5.41, 5.74) is 6.31. The van der Waals surface area contributed by atoms with Crippen LogP contribution in [0.25, 0.3) is 0 Å². The Kier molecular flexibility index (Phi) is 5.22. The quantitative estimate of drug-likeness (QED) is 0.807. The van der Waals surface area contributed by atoms with E-state index >= 15 is 0 Å². The second-order valence-corrected chi connectivity index (χ2v) is 4.58. The number of nitrogens with one attached hydrogen (secondary N) is 1. The lowest BCUT2D eigenvalue weighted by molar-refractivity contribution is 0.581. The van der Waals surface area contributed by atoms with Crippen molar-refractivity contribution in [1.29, 1.82) is 0 Å². The summed E-state index contributed by atoms with van der Waals surface area (Å²) in [7, 11) is 0. The van der Waals surface area contributed by atoms with Gasteiger partial charge in [-0.3, -0.25) is 0 Å². The summed E-state index contributed by atoms with van der Waals surface area (Å²) < 4.78 is 14.2. The highest BCUT2D eigenvalue weighted by Gasteiger charge is 2.02. The van der Waals surface area contributed by atoms with Crippen molar-refractivity contribution >= 4 is 15.9 Å². The topological polar surface area (TPSA) is 38.0 Å². The van der Waals surface area contributed by atoms with Gasteiger partial charge in [0, 0.05) is 17.1 Å². The van der Waals surface area contributed by atoms with Gasteiger partial charge in [0.15, 0.2) is 0 Å². The molecule has 1 atom stereocenters. The molecular weight excluding hydrogens is 259 g/mol. The number of hydrogen-bond donors (Lipinski definition) is 2. The molecule has 0 heterocycles. The summed E-state index contributed by atoms with van der Waals surface area (Å²) in [6, 6.07) is 5.12. The minimum Gasteiger partial charge on any atom is -0.327 e. The monoisotopic (exact) mass is 274 g/mol. The minimum absolute atomic E-state index is 0.136. The van der Waals surface area contributed by atoms with Crippen LogP contribution in [0.3, 0.4) is 0 Å². The lowest BCUT2D eigenvalue weighted by Gasteiger charge is -2.08. The van der Waals surface area contributed by atoms with E-state index in [4.69, 9.17) is 5.73 Å². The van der Waals surface area contributed by atoms with Gasteiger partial charge in [0.25, 0.3) is 0 Å². The summed E-state index contributed by atoms with van der Waals surface area (Å²) >= 11 is 3.32. The molecule has 0 aromatic heterocycles. The standard InChI is InChI=1S/C11H16BrFN2/c1-8(14)7-15-5-4-9-6-10(12)2-3-11(9)13/h2-3,6,8,15H,4-5,7,14H2,1H3. The van der Waals surface area contributed by atoms with Crippen LogP contribution in [-0.4, -0.2) is 19.1 Å². The van der Waals surface area contributed by atoms with Crippen LogP contribution in [0.1, 0.15) is 12.5 Å². The molecule has 0 spiro atoms. The molecule has 15 heavy (non-hydrogen) atoms. The molecule has 0 radical (unpaired) electrons. The van der Waals surface area contributed by atoms with Gasteiger partial charge in [-0.2, -0.15) is 0 Å². The third-order valence-electron chi connectivity index (χ3n) is 2.05. The van der Waals surface area contributed by atoms with Crippen molar-refractivity contribution in [2.24, 2.45) is 5.73 Å². The number of hydrogen-bond acceptors (Lipinski definition) is 2. The molecule has 0 saturated heterocycles. The minimum atomic E-state index is -0.152. The molecule has 2 nitrogen and oxygen atoms in total. The van der Waals surface area contributed by atoms with Gasteiger partial charge in [-0.15, -0.1) is 0 Å². The van der Waals surface area contributed by atoms with Crippen molar-refractivity contribution in [3.05, 3.63) is 34.1 Å². The normalized spacial score (nSPS) is 12.8. The lowest BCUT2D eigenvalue weighted by Crippen LogP contribution is -2.32. The maximum absolute atomic E-state index is 13.3. The van der Waals surface area contributed by atoms with E-state index in [1.807, 2.05) is 13.0 Å². The SMILES string of the molecule is CC(N)CNCCc1cc(Br)ccc1F. The first-order chi connectivity index (χ1) is 7.09. The van der Waals surface area contributed by atoms with Crippen LogP contribution in [0, 0.1) is 5.82 Å². The highest BCUT2D eigenvalue weighted by molar-refractivity contribution is 9.10. The van der Waals surface area contributed by atoms with Gasteiger partial charge in [-0.05, 0) is 43.7 Å². The summed E-state index contributed by atoms with van der Waals surface area (Å²) in [4.78, 5) is 0. The van der Waals surface area contributed by atoms with Crippen LogP contribution in [0.5, 0.6) is 0 Å². The van der Waals surface area contributed by atoms with Crippen LogP contribution in [0.4, 0.5) is 4.39 Å². The van der Waals surface area contributed by atoms with Crippen molar-refractivity contribution in [3.63, 3.8) is 0 Å². The summed E-state index contributed by atoms with van der Waals surface area (Å²) in [5.74, 6) is -0.152. The zero-order valence-electron chi connectivity index (χ0n) is 8.76. The number of benzene rings is 1. The molecule has 0 aliphatic heterocycles. The maximum atomic E-state index is 13.3. The molecule has 1 aromatic rings. The summed E-state index contributed by atoms with van der Waals surface area (Å²) in [6.45, 7) is 3.44. The Bertz CT molecular complexity index is 315. The lowest BCUT2D eigenvalue weighted by atomic mass is 10.1. The smallest absolute Gasteiger partial charge is 0.126 e. The van der Waals surface area contributed by atoms with E-state index in [2.05, 4.69) is 21.2 Å². The molecular formula is C11H16BrFN2. The van der Waals surface area contributed by atoms with Crippen molar-refractivity contribution in [3.8, 4) is 0 Å². The van der Waals surface area contributed by atoms with Crippen molar-refractivity contribution in [2.75, 3.05) is 13.1 Å². The van der Waals surface area contributed by atoms with E-state index in [0.717, 1.165) is 23.1 Å². The number of rotatable bonds is 5.